The molecule has 0 aliphatic rings. The van der Waals surface area contributed by atoms with Crippen LogP contribution in [0.3, 0.4) is 0 Å². The predicted molar refractivity (Wildman–Crippen MR) is 119 cm³/mol. The summed E-state index contributed by atoms with van der Waals surface area (Å²) in [5.74, 6) is 0.00893. The van der Waals surface area contributed by atoms with Crippen molar-refractivity contribution in [1.82, 2.24) is 0 Å². The van der Waals surface area contributed by atoms with Crippen molar-refractivity contribution in [3.05, 3.63) is 83.4 Å². The van der Waals surface area contributed by atoms with Crippen molar-refractivity contribution < 1.29 is 13.2 Å². The quantitative estimate of drug-likeness (QED) is 0.490. The number of carbonyl (C=O) groups excluding carboxylic acids is 1. The van der Waals surface area contributed by atoms with Crippen LogP contribution in [0.4, 0.5) is 11.4 Å². The topological polar surface area (TPSA) is 75.3 Å². The van der Waals surface area contributed by atoms with Crippen molar-refractivity contribution in [2.24, 2.45) is 0 Å². The van der Waals surface area contributed by atoms with E-state index in [4.69, 9.17) is 11.6 Å². The van der Waals surface area contributed by atoms with E-state index >= 15 is 0 Å². The van der Waals surface area contributed by atoms with Gasteiger partial charge in [0.2, 0.25) is 5.91 Å². The maximum absolute atomic E-state index is 12.8. The molecule has 29 heavy (non-hydrogen) atoms. The van der Waals surface area contributed by atoms with Gasteiger partial charge in [-0.2, -0.15) is 0 Å². The third kappa shape index (κ3) is 6.00. The summed E-state index contributed by atoms with van der Waals surface area (Å²) in [7, 11) is -3.84. The fourth-order valence-corrected chi connectivity index (χ4v) is 4.82. The molecule has 0 fully saturated rings. The first-order valence-electron chi connectivity index (χ1n) is 8.70. The van der Waals surface area contributed by atoms with Crippen LogP contribution in [-0.2, 0) is 14.8 Å². The Morgan fingerprint density at radius 3 is 2.45 bits per heavy atom. The molecule has 0 unspecified atom stereocenters. The average Bonchev–Trinajstić information content (AvgIpc) is 2.68. The standard InChI is InChI=1S/C21H19ClN2O3S2/c1-15-10-11-17(23-21(25)14-28-19-8-3-2-4-9-19)13-20(15)29(26,27)24-18-7-5-6-16(22)12-18/h2-13,24H,14H2,1H3,(H,23,25). The molecule has 0 saturated carbocycles. The molecule has 0 radical (unpaired) electrons. The molecular weight excluding hydrogens is 428 g/mol. The average molecular weight is 447 g/mol. The molecule has 0 aliphatic carbocycles. The molecule has 0 heterocycles. The number of hydrogen-bond acceptors (Lipinski definition) is 4. The largest absolute Gasteiger partial charge is 0.325 e. The van der Waals surface area contributed by atoms with Gasteiger partial charge in [-0.25, -0.2) is 8.42 Å². The van der Waals surface area contributed by atoms with Gasteiger partial charge in [-0.05, 0) is 55.0 Å². The Labute approximate surface area is 179 Å². The molecule has 3 aromatic rings. The zero-order valence-electron chi connectivity index (χ0n) is 15.6. The van der Waals surface area contributed by atoms with E-state index in [0.29, 0.717) is 22.0 Å². The Balaban J connectivity index is 1.72. The number of thioether (sulfide) groups is 1. The maximum Gasteiger partial charge on any atom is 0.262 e. The summed E-state index contributed by atoms with van der Waals surface area (Å²) in [6, 6.07) is 20.8. The number of sulfonamides is 1. The molecule has 2 N–H and O–H groups in total. The molecule has 5 nitrogen and oxygen atoms in total. The molecule has 0 aliphatic heterocycles. The van der Waals surface area contributed by atoms with Gasteiger partial charge in [0.25, 0.3) is 10.0 Å². The van der Waals surface area contributed by atoms with E-state index in [1.165, 1.54) is 23.9 Å². The minimum Gasteiger partial charge on any atom is -0.325 e. The van der Waals surface area contributed by atoms with Crippen molar-refractivity contribution in [2.75, 3.05) is 15.8 Å². The van der Waals surface area contributed by atoms with Crippen LogP contribution >= 0.6 is 23.4 Å². The van der Waals surface area contributed by atoms with Gasteiger partial charge in [-0.3, -0.25) is 9.52 Å². The second-order valence-electron chi connectivity index (χ2n) is 6.25. The van der Waals surface area contributed by atoms with E-state index in [0.717, 1.165) is 4.90 Å². The van der Waals surface area contributed by atoms with Gasteiger partial charge in [0.05, 0.1) is 16.3 Å². The zero-order chi connectivity index (χ0) is 20.9. The van der Waals surface area contributed by atoms with Crippen LogP contribution in [0, 0.1) is 6.92 Å². The van der Waals surface area contributed by atoms with Gasteiger partial charge in [0, 0.05) is 15.6 Å². The van der Waals surface area contributed by atoms with Gasteiger partial charge >= 0.3 is 0 Å². The number of nitrogens with one attached hydrogen (secondary N) is 2. The summed E-state index contributed by atoms with van der Waals surface area (Å²) in [6.07, 6.45) is 0. The third-order valence-corrected chi connectivity index (χ3v) is 6.72. The molecule has 0 saturated heterocycles. The lowest BCUT2D eigenvalue weighted by Crippen LogP contribution is -2.17. The number of anilines is 2. The van der Waals surface area contributed by atoms with Crippen LogP contribution < -0.4 is 10.0 Å². The van der Waals surface area contributed by atoms with E-state index in [2.05, 4.69) is 10.0 Å². The Morgan fingerprint density at radius 1 is 0.966 bits per heavy atom. The minimum atomic E-state index is -3.84. The van der Waals surface area contributed by atoms with Crippen molar-refractivity contribution in [3.8, 4) is 0 Å². The monoisotopic (exact) mass is 446 g/mol. The molecule has 0 atom stereocenters. The Hall–Kier alpha value is -2.48. The third-order valence-electron chi connectivity index (χ3n) is 3.95. The van der Waals surface area contributed by atoms with Gasteiger partial charge in [0.1, 0.15) is 0 Å². The summed E-state index contributed by atoms with van der Waals surface area (Å²) in [5.41, 5.74) is 1.35. The van der Waals surface area contributed by atoms with Crippen molar-refractivity contribution >= 4 is 50.7 Å². The second-order valence-corrected chi connectivity index (χ2v) is 9.38. The lowest BCUT2D eigenvalue weighted by atomic mass is 10.2. The minimum absolute atomic E-state index is 0.0889. The number of benzene rings is 3. The highest BCUT2D eigenvalue weighted by Gasteiger charge is 2.18. The first-order chi connectivity index (χ1) is 13.8. The number of halogens is 1. The lowest BCUT2D eigenvalue weighted by molar-refractivity contribution is -0.113. The predicted octanol–water partition coefficient (Wildman–Crippen LogP) is 5.18. The van der Waals surface area contributed by atoms with Gasteiger partial charge in [-0.15, -0.1) is 11.8 Å². The fraction of sp³-hybridized carbons (Fsp3) is 0.0952. The molecule has 0 bridgehead atoms. The first kappa shape index (κ1) is 21.2. The number of carbonyl (C=O) groups is 1. The van der Waals surface area contributed by atoms with E-state index < -0.39 is 10.0 Å². The first-order valence-corrected chi connectivity index (χ1v) is 11.5. The molecule has 3 rings (SSSR count). The Kier molecular flexibility index (Phi) is 6.84. The normalized spacial score (nSPS) is 11.1. The van der Waals surface area contributed by atoms with Crippen LogP contribution in [-0.4, -0.2) is 20.1 Å². The fourth-order valence-electron chi connectivity index (χ4n) is 2.59. The molecule has 8 heteroatoms. The SMILES string of the molecule is Cc1ccc(NC(=O)CSc2ccccc2)cc1S(=O)(=O)Nc1cccc(Cl)c1. The second kappa shape index (κ2) is 9.35. The number of hydrogen-bond donors (Lipinski definition) is 2. The molecule has 3 aromatic carbocycles. The number of aryl methyl sites for hydroxylation is 1. The Morgan fingerprint density at radius 2 is 1.72 bits per heavy atom. The van der Waals surface area contributed by atoms with Crippen LogP contribution in [0.5, 0.6) is 0 Å². The summed E-state index contributed by atoms with van der Waals surface area (Å²) >= 11 is 7.33. The number of amides is 1. The van der Waals surface area contributed by atoms with Crippen molar-refractivity contribution in [3.63, 3.8) is 0 Å². The zero-order valence-corrected chi connectivity index (χ0v) is 17.9. The molecule has 0 aromatic heterocycles. The number of rotatable bonds is 7. The van der Waals surface area contributed by atoms with Gasteiger partial charge < -0.3 is 5.32 Å². The molecule has 0 spiro atoms. The summed E-state index contributed by atoms with van der Waals surface area (Å²) < 4.78 is 28.1. The summed E-state index contributed by atoms with van der Waals surface area (Å²) in [5, 5.41) is 3.18. The summed E-state index contributed by atoms with van der Waals surface area (Å²) in [6.45, 7) is 1.70. The molecule has 1 amide bonds. The Bertz CT molecular complexity index is 1120. The highest BCUT2D eigenvalue weighted by atomic mass is 35.5. The van der Waals surface area contributed by atoms with Crippen molar-refractivity contribution in [1.29, 1.82) is 0 Å². The molecule has 150 valence electrons. The van der Waals surface area contributed by atoms with Gasteiger partial charge in [-0.1, -0.05) is 41.9 Å². The van der Waals surface area contributed by atoms with Crippen molar-refractivity contribution in [2.45, 2.75) is 16.7 Å². The molecular formula is C21H19ClN2O3S2. The van der Waals surface area contributed by atoms with Crippen LogP contribution in [0.25, 0.3) is 0 Å². The van der Waals surface area contributed by atoms with Crippen LogP contribution in [0.2, 0.25) is 5.02 Å². The van der Waals surface area contributed by atoms with E-state index in [1.54, 1.807) is 37.3 Å². The highest BCUT2D eigenvalue weighted by molar-refractivity contribution is 8.00. The van der Waals surface area contributed by atoms with Crippen LogP contribution in [0.1, 0.15) is 5.56 Å². The van der Waals surface area contributed by atoms with E-state index in [1.807, 2.05) is 30.3 Å². The maximum atomic E-state index is 12.8. The lowest BCUT2D eigenvalue weighted by Gasteiger charge is -2.13. The van der Waals surface area contributed by atoms with Gasteiger partial charge in [0.15, 0.2) is 0 Å². The summed E-state index contributed by atoms with van der Waals surface area (Å²) in [4.78, 5) is 13.3. The van der Waals surface area contributed by atoms with Crippen LogP contribution in [0.15, 0.2) is 82.6 Å². The van der Waals surface area contributed by atoms with E-state index in [9.17, 15) is 13.2 Å². The van der Waals surface area contributed by atoms with E-state index in [-0.39, 0.29) is 16.6 Å². The smallest absolute Gasteiger partial charge is 0.262 e. The highest BCUT2D eigenvalue weighted by Crippen LogP contribution is 2.25.